The summed E-state index contributed by atoms with van der Waals surface area (Å²) in [6.07, 6.45) is 3.83. The van der Waals surface area contributed by atoms with Gasteiger partial charge in [-0.25, -0.2) is 0 Å². The zero-order valence-electron chi connectivity index (χ0n) is 8.51. The highest BCUT2D eigenvalue weighted by atomic mass is 13.9. The van der Waals surface area contributed by atoms with Gasteiger partial charge in [0.15, 0.2) is 0 Å². The monoisotopic (exact) mass is 164 g/mol. The van der Waals surface area contributed by atoms with Gasteiger partial charge in [-0.1, -0.05) is 57.5 Å². The first-order chi connectivity index (χ1) is 5.93. The van der Waals surface area contributed by atoms with E-state index in [2.05, 4.69) is 37.3 Å². The first kappa shape index (κ1) is 11.2. The van der Waals surface area contributed by atoms with Crippen molar-refractivity contribution in [1.82, 2.24) is 0 Å². The van der Waals surface area contributed by atoms with Crippen LogP contribution in [0.1, 0.15) is 39.2 Å². The number of hydrogen-bond acceptors (Lipinski definition) is 0. The third kappa shape index (κ3) is 4.95. The normalized spacial score (nSPS) is 8.58. The lowest BCUT2D eigenvalue weighted by Crippen LogP contribution is -1.81. The molecule has 1 aromatic rings. The molecule has 0 nitrogen and oxygen atoms in total. The fraction of sp³-hybridized carbons (Fsp3) is 0.500. The highest BCUT2D eigenvalue weighted by Gasteiger charge is 1.87. The minimum Gasteiger partial charge on any atom is -0.0683 e. The van der Waals surface area contributed by atoms with Crippen LogP contribution in [-0.4, -0.2) is 0 Å². The van der Waals surface area contributed by atoms with E-state index in [1.54, 1.807) is 0 Å². The summed E-state index contributed by atoms with van der Waals surface area (Å²) in [5.41, 5.74) is 1.46. The van der Waals surface area contributed by atoms with Crippen LogP contribution in [-0.2, 0) is 6.42 Å². The van der Waals surface area contributed by atoms with Gasteiger partial charge in [-0.15, -0.1) is 0 Å². The highest BCUT2D eigenvalue weighted by Crippen LogP contribution is 2.03. The second kappa shape index (κ2) is 8.32. The van der Waals surface area contributed by atoms with Crippen molar-refractivity contribution in [3.8, 4) is 0 Å². The summed E-state index contributed by atoms with van der Waals surface area (Å²) in [6, 6.07) is 10.6. The molecule has 0 fully saturated rings. The van der Waals surface area contributed by atoms with Gasteiger partial charge in [0.1, 0.15) is 0 Å². The molecule has 0 amide bonds. The molecule has 1 rings (SSSR count). The summed E-state index contributed by atoms with van der Waals surface area (Å²) in [7, 11) is 0. The van der Waals surface area contributed by atoms with Crippen LogP contribution in [0.3, 0.4) is 0 Å². The molecule has 0 radical (unpaired) electrons. The van der Waals surface area contributed by atoms with Gasteiger partial charge >= 0.3 is 0 Å². The fourth-order valence-electron chi connectivity index (χ4n) is 1.03. The summed E-state index contributed by atoms with van der Waals surface area (Å²) in [6.45, 7) is 6.23. The van der Waals surface area contributed by atoms with E-state index in [4.69, 9.17) is 0 Å². The first-order valence-corrected chi connectivity index (χ1v) is 4.97. The maximum Gasteiger partial charge on any atom is -0.0279 e. The van der Waals surface area contributed by atoms with Crippen LogP contribution in [0.15, 0.2) is 30.3 Å². The van der Waals surface area contributed by atoms with Crippen molar-refractivity contribution in [1.29, 1.82) is 0 Å². The van der Waals surface area contributed by atoms with Crippen molar-refractivity contribution in [2.75, 3.05) is 0 Å². The number of unbranched alkanes of at least 4 members (excludes halogenated alkanes) is 1. The molecule has 0 aliphatic heterocycles. The summed E-state index contributed by atoms with van der Waals surface area (Å²) < 4.78 is 0. The van der Waals surface area contributed by atoms with Gasteiger partial charge in [-0.2, -0.15) is 0 Å². The zero-order valence-corrected chi connectivity index (χ0v) is 8.51. The molecule has 0 aliphatic carbocycles. The molecule has 0 spiro atoms. The molecular weight excluding hydrogens is 144 g/mol. The lowest BCUT2D eigenvalue weighted by atomic mass is 10.1. The van der Waals surface area contributed by atoms with E-state index in [0.717, 1.165) is 0 Å². The standard InChI is InChI=1S/C10H14.C2H6/c1-2-3-7-10-8-5-4-6-9-10;1-2/h4-6,8-9H,2-3,7H2,1H3;1-2H3. The van der Waals surface area contributed by atoms with E-state index >= 15 is 0 Å². The Morgan fingerprint density at radius 2 is 1.58 bits per heavy atom. The Hall–Kier alpha value is -0.780. The van der Waals surface area contributed by atoms with Crippen LogP contribution in [0.2, 0.25) is 0 Å². The highest BCUT2D eigenvalue weighted by molar-refractivity contribution is 5.14. The summed E-state index contributed by atoms with van der Waals surface area (Å²) >= 11 is 0. The molecule has 0 unspecified atom stereocenters. The summed E-state index contributed by atoms with van der Waals surface area (Å²) in [4.78, 5) is 0. The van der Waals surface area contributed by atoms with Crippen LogP contribution in [0.25, 0.3) is 0 Å². The van der Waals surface area contributed by atoms with Crippen LogP contribution in [0, 0.1) is 0 Å². The third-order valence-corrected chi connectivity index (χ3v) is 1.66. The molecule has 0 aromatic heterocycles. The van der Waals surface area contributed by atoms with E-state index in [1.165, 1.54) is 24.8 Å². The predicted octanol–water partition coefficient (Wildman–Crippen LogP) is 4.06. The van der Waals surface area contributed by atoms with E-state index in [0.29, 0.717) is 0 Å². The minimum absolute atomic E-state index is 1.23. The van der Waals surface area contributed by atoms with E-state index in [-0.39, 0.29) is 0 Å². The van der Waals surface area contributed by atoms with Gasteiger partial charge in [-0.05, 0) is 18.4 Å². The molecule has 12 heavy (non-hydrogen) atoms. The molecule has 68 valence electrons. The molecule has 0 saturated heterocycles. The number of aryl methyl sites for hydroxylation is 1. The van der Waals surface area contributed by atoms with Crippen molar-refractivity contribution in [2.24, 2.45) is 0 Å². The third-order valence-electron chi connectivity index (χ3n) is 1.66. The quantitative estimate of drug-likeness (QED) is 0.632. The van der Waals surface area contributed by atoms with Crippen LogP contribution in [0.4, 0.5) is 0 Å². The van der Waals surface area contributed by atoms with Crippen molar-refractivity contribution in [3.05, 3.63) is 35.9 Å². The molecule has 0 saturated carbocycles. The average molecular weight is 164 g/mol. The molecule has 1 aromatic carbocycles. The Morgan fingerprint density at radius 3 is 2.08 bits per heavy atom. The van der Waals surface area contributed by atoms with Gasteiger partial charge in [0.25, 0.3) is 0 Å². The van der Waals surface area contributed by atoms with Gasteiger partial charge < -0.3 is 0 Å². The number of rotatable bonds is 3. The second-order valence-electron chi connectivity index (χ2n) is 2.59. The Labute approximate surface area is 76.6 Å². The Bertz CT molecular complexity index is 165. The minimum atomic E-state index is 1.23. The maximum absolute atomic E-state index is 2.23. The zero-order chi connectivity index (χ0) is 9.23. The fourth-order valence-corrected chi connectivity index (χ4v) is 1.03. The average Bonchev–Trinajstić information content (AvgIpc) is 2.19. The molecule has 0 heterocycles. The van der Waals surface area contributed by atoms with Crippen molar-refractivity contribution in [3.63, 3.8) is 0 Å². The SMILES string of the molecule is CC.CCCCc1ccccc1. The molecule has 0 bridgehead atoms. The molecule has 0 aliphatic rings. The van der Waals surface area contributed by atoms with Crippen LogP contribution in [0.5, 0.6) is 0 Å². The van der Waals surface area contributed by atoms with E-state index < -0.39 is 0 Å². The summed E-state index contributed by atoms with van der Waals surface area (Å²) in [5.74, 6) is 0. The topological polar surface area (TPSA) is 0 Å². The van der Waals surface area contributed by atoms with Crippen molar-refractivity contribution >= 4 is 0 Å². The van der Waals surface area contributed by atoms with Gasteiger partial charge in [0.05, 0.1) is 0 Å². The Morgan fingerprint density at radius 1 is 1.00 bits per heavy atom. The molecule has 0 heteroatoms. The van der Waals surface area contributed by atoms with Crippen molar-refractivity contribution in [2.45, 2.75) is 40.0 Å². The number of hydrogen-bond donors (Lipinski definition) is 0. The Balaban J connectivity index is 0.000000561. The predicted molar refractivity (Wildman–Crippen MR) is 56.4 cm³/mol. The van der Waals surface area contributed by atoms with E-state index in [1.807, 2.05) is 13.8 Å². The van der Waals surface area contributed by atoms with Gasteiger partial charge in [0.2, 0.25) is 0 Å². The maximum atomic E-state index is 2.23. The Kier molecular flexibility index (Phi) is 7.78. The molecule has 0 atom stereocenters. The first-order valence-electron chi connectivity index (χ1n) is 4.97. The summed E-state index contributed by atoms with van der Waals surface area (Å²) in [5, 5.41) is 0. The lowest BCUT2D eigenvalue weighted by Gasteiger charge is -1.96. The van der Waals surface area contributed by atoms with Crippen LogP contribution >= 0.6 is 0 Å². The molecular formula is C12H20. The number of benzene rings is 1. The molecule has 0 N–H and O–H groups in total. The van der Waals surface area contributed by atoms with E-state index in [9.17, 15) is 0 Å². The van der Waals surface area contributed by atoms with Gasteiger partial charge in [-0.3, -0.25) is 0 Å². The second-order valence-corrected chi connectivity index (χ2v) is 2.59. The van der Waals surface area contributed by atoms with Crippen molar-refractivity contribution < 1.29 is 0 Å². The van der Waals surface area contributed by atoms with Gasteiger partial charge in [0, 0.05) is 0 Å². The largest absolute Gasteiger partial charge is 0.0683 e. The smallest absolute Gasteiger partial charge is 0.0279 e. The lowest BCUT2D eigenvalue weighted by molar-refractivity contribution is 0.795. The van der Waals surface area contributed by atoms with Crippen LogP contribution < -0.4 is 0 Å².